The first kappa shape index (κ1) is 26.1. The molecule has 0 aliphatic carbocycles. The highest BCUT2D eigenvalue weighted by Crippen LogP contribution is 2.45. The Bertz CT molecular complexity index is 1180. The number of ketones is 1. The maximum Gasteiger partial charge on any atom is 0.181 e. The summed E-state index contributed by atoms with van der Waals surface area (Å²) in [6.45, 7) is 12.0. The largest absolute Gasteiger partial charge is 0.507 e. The Morgan fingerprint density at radius 2 is 1.34 bits per heavy atom. The van der Waals surface area contributed by atoms with Gasteiger partial charge in [0.2, 0.25) is 0 Å². The zero-order valence-electron chi connectivity index (χ0n) is 21.5. The van der Waals surface area contributed by atoms with Crippen LogP contribution in [0, 0.1) is 0 Å². The number of phenols is 3. The standard InChI is InChI=1S/C30H36O5/c1-17(2)7-10-20-13-22(14-21(28(20)33)11-8-18(3)4)24-16-35-30-23(12-9-19(5)6)25(31)15-26(32)27(30)29(24)34/h7-9,13-15,24,31-33H,10-12,16H2,1-6H3. The van der Waals surface area contributed by atoms with Crippen molar-refractivity contribution in [2.24, 2.45) is 0 Å². The Morgan fingerprint density at radius 3 is 1.86 bits per heavy atom. The lowest BCUT2D eigenvalue weighted by Crippen LogP contribution is -2.27. The first-order valence-electron chi connectivity index (χ1n) is 12.0. The number of allylic oxidation sites excluding steroid dienone is 6. The number of carbonyl (C=O) groups is 1. The minimum absolute atomic E-state index is 0.0888. The molecule has 0 fully saturated rings. The van der Waals surface area contributed by atoms with Gasteiger partial charge in [0.05, 0.1) is 5.92 Å². The highest BCUT2D eigenvalue weighted by molar-refractivity contribution is 6.07. The summed E-state index contributed by atoms with van der Waals surface area (Å²) in [4.78, 5) is 13.7. The Labute approximate surface area is 208 Å². The second kappa shape index (κ2) is 10.9. The van der Waals surface area contributed by atoms with Gasteiger partial charge in [0.1, 0.15) is 35.2 Å². The SMILES string of the molecule is CC(C)=CCc1cc(C2COc3c(CC=C(C)C)c(O)cc(O)c3C2=O)cc(CC=C(C)C)c1O. The minimum Gasteiger partial charge on any atom is -0.507 e. The molecule has 3 rings (SSSR count). The molecule has 0 radical (unpaired) electrons. The summed E-state index contributed by atoms with van der Waals surface area (Å²) < 4.78 is 6.04. The number of aromatic hydroxyl groups is 3. The molecule has 5 nitrogen and oxygen atoms in total. The second-order valence-electron chi connectivity index (χ2n) is 9.97. The third-order valence-electron chi connectivity index (χ3n) is 6.16. The molecule has 1 aliphatic heterocycles. The lowest BCUT2D eigenvalue weighted by molar-refractivity contribution is 0.0891. The first-order valence-corrected chi connectivity index (χ1v) is 12.0. The number of Topliss-reactive ketones (excluding diaryl/α,β-unsaturated/α-hetero) is 1. The van der Waals surface area contributed by atoms with Crippen LogP contribution in [0.4, 0.5) is 0 Å². The van der Waals surface area contributed by atoms with Crippen LogP contribution in [0.1, 0.15) is 80.1 Å². The van der Waals surface area contributed by atoms with Gasteiger partial charge in [0, 0.05) is 11.6 Å². The number of fused-ring (bicyclic) bond motifs is 1. The molecule has 1 aliphatic rings. The van der Waals surface area contributed by atoms with Gasteiger partial charge in [-0.1, -0.05) is 47.1 Å². The van der Waals surface area contributed by atoms with Gasteiger partial charge in [-0.25, -0.2) is 0 Å². The number of carbonyl (C=O) groups excluding carboxylic acids is 1. The van der Waals surface area contributed by atoms with Crippen LogP contribution in [0.3, 0.4) is 0 Å². The molecule has 0 saturated carbocycles. The summed E-state index contributed by atoms with van der Waals surface area (Å²) in [5, 5.41) is 31.9. The van der Waals surface area contributed by atoms with Crippen molar-refractivity contribution in [3.63, 3.8) is 0 Å². The van der Waals surface area contributed by atoms with Crippen LogP contribution in [-0.4, -0.2) is 27.7 Å². The van der Waals surface area contributed by atoms with Gasteiger partial charge < -0.3 is 20.1 Å². The van der Waals surface area contributed by atoms with Crippen molar-refractivity contribution in [1.29, 1.82) is 0 Å². The molecule has 5 heteroatoms. The Hall–Kier alpha value is -3.47. The number of ether oxygens (including phenoxy) is 1. The molecule has 35 heavy (non-hydrogen) atoms. The van der Waals surface area contributed by atoms with Crippen molar-refractivity contribution >= 4 is 5.78 Å². The quantitative estimate of drug-likeness (QED) is 0.388. The van der Waals surface area contributed by atoms with Gasteiger partial charge in [-0.3, -0.25) is 4.79 Å². The van der Waals surface area contributed by atoms with Crippen LogP contribution in [0.25, 0.3) is 0 Å². The highest BCUT2D eigenvalue weighted by Gasteiger charge is 2.35. The lowest BCUT2D eigenvalue weighted by Gasteiger charge is -2.28. The van der Waals surface area contributed by atoms with E-state index in [2.05, 4.69) is 0 Å². The van der Waals surface area contributed by atoms with E-state index in [4.69, 9.17) is 4.74 Å². The van der Waals surface area contributed by atoms with Gasteiger partial charge in [-0.15, -0.1) is 0 Å². The second-order valence-corrected chi connectivity index (χ2v) is 9.97. The Kier molecular flexibility index (Phi) is 8.11. The summed E-state index contributed by atoms with van der Waals surface area (Å²) in [5.74, 6) is -0.788. The van der Waals surface area contributed by atoms with E-state index in [0.29, 0.717) is 24.8 Å². The van der Waals surface area contributed by atoms with E-state index >= 15 is 0 Å². The van der Waals surface area contributed by atoms with Gasteiger partial charge in [-0.2, -0.15) is 0 Å². The van der Waals surface area contributed by atoms with Crippen LogP contribution in [0.15, 0.2) is 53.1 Å². The van der Waals surface area contributed by atoms with Crippen LogP contribution in [-0.2, 0) is 19.3 Å². The van der Waals surface area contributed by atoms with Crippen molar-refractivity contribution in [2.75, 3.05) is 6.61 Å². The van der Waals surface area contributed by atoms with E-state index in [1.54, 1.807) is 0 Å². The molecule has 3 N–H and O–H groups in total. The average molecular weight is 477 g/mol. The van der Waals surface area contributed by atoms with E-state index in [0.717, 1.165) is 33.4 Å². The molecular weight excluding hydrogens is 440 g/mol. The molecule has 186 valence electrons. The Morgan fingerprint density at radius 1 is 0.829 bits per heavy atom. The monoisotopic (exact) mass is 476 g/mol. The molecule has 1 unspecified atom stereocenters. The third-order valence-corrected chi connectivity index (χ3v) is 6.16. The van der Waals surface area contributed by atoms with Crippen LogP contribution in [0.2, 0.25) is 0 Å². The van der Waals surface area contributed by atoms with Crippen molar-refractivity contribution in [1.82, 2.24) is 0 Å². The summed E-state index contributed by atoms with van der Waals surface area (Å²) in [6.07, 6.45) is 7.53. The molecule has 0 aromatic heterocycles. The average Bonchev–Trinajstić information content (AvgIpc) is 2.77. The zero-order valence-corrected chi connectivity index (χ0v) is 21.5. The minimum atomic E-state index is -0.634. The summed E-state index contributed by atoms with van der Waals surface area (Å²) in [6, 6.07) is 4.94. The normalized spacial score (nSPS) is 14.6. The topological polar surface area (TPSA) is 87.0 Å². The van der Waals surface area contributed by atoms with Crippen molar-refractivity contribution in [2.45, 2.75) is 66.7 Å². The zero-order chi connectivity index (χ0) is 25.9. The number of phenolic OH excluding ortho intramolecular Hbond substituents is 3. The van der Waals surface area contributed by atoms with E-state index in [1.165, 1.54) is 6.07 Å². The predicted molar refractivity (Wildman–Crippen MR) is 140 cm³/mol. The summed E-state index contributed by atoms with van der Waals surface area (Å²) >= 11 is 0. The maximum atomic E-state index is 13.7. The molecule has 2 aromatic carbocycles. The number of rotatable bonds is 7. The molecule has 0 spiro atoms. The number of hydrogen-bond acceptors (Lipinski definition) is 5. The molecule has 0 bridgehead atoms. The number of hydrogen-bond donors (Lipinski definition) is 3. The highest BCUT2D eigenvalue weighted by atomic mass is 16.5. The van der Waals surface area contributed by atoms with Gasteiger partial charge in [-0.05, 0) is 77.5 Å². The first-order chi connectivity index (χ1) is 16.5. The molecule has 0 amide bonds. The van der Waals surface area contributed by atoms with Crippen molar-refractivity contribution in [3.8, 4) is 23.0 Å². The Balaban J connectivity index is 2.09. The molecule has 2 aromatic rings. The third kappa shape index (κ3) is 5.97. The predicted octanol–water partition coefficient (Wildman–Crippen LogP) is 6.69. The lowest BCUT2D eigenvalue weighted by atomic mass is 9.84. The van der Waals surface area contributed by atoms with Gasteiger partial charge in [0.25, 0.3) is 0 Å². The smallest absolute Gasteiger partial charge is 0.181 e. The van der Waals surface area contributed by atoms with Gasteiger partial charge in [0.15, 0.2) is 5.78 Å². The fourth-order valence-corrected chi connectivity index (χ4v) is 4.16. The molecular formula is C30H36O5. The molecule has 1 heterocycles. The number of benzene rings is 2. The van der Waals surface area contributed by atoms with E-state index in [-0.39, 0.29) is 41.0 Å². The molecule has 1 atom stereocenters. The van der Waals surface area contributed by atoms with E-state index < -0.39 is 5.92 Å². The van der Waals surface area contributed by atoms with E-state index in [1.807, 2.05) is 71.9 Å². The van der Waals surface area contributed by atoms with E-state index in [9.17, 15) is 20.1 Å². The van der Waals surface area contributed by atoms with Crippen molar-refractivity contribution in [3.05, 3.63) is 81.0 Å². The van der Waals surface area contributed by atoms with Crippen LogP contribution >= 0.6 is 0 Å². The summed E-state index contributed by atoms with van der Waals surface area (Å²) in [7, 11) is 0. The summed E-state index contributed by atoms with van der Waals surface area (Å²) in [5.41, 5.74) is 6.18. The fourth-order valence-electron chi connectivity index (χ4n) is 4.16. The van der Waals surface area contributed by atoms with Gasteiger partial charge >= 0.3 is 0 Å². The molecule has 0 saturated heterocycles. The van der Waals surface area contributed by atoms with Crippen molar-refractivity contribution < 1.29 is 24.9 Å². The van der Waals surface area contributed by atoms with Crippen LogP contribution in [0.5, 0.6) is 23.0 Å². The fraction of sp³-hybridized carbons (Fsp3) is 0.367. The van der Waals surface area contributed by atoms with Crippen LogP contribution < -0.4 is 4.74 Å². The maximum absolute atomic E-state index is 13.7.